The first-order chi connectivity index (χ1) is 8.44. The molecule has 1 nitrogen and oxygen atoms in total. The maximum absolute atomic E-state index is 14.3. The Labute approximate surface area is 126 Å². The molecule has 19 heavy (non-hydrogen) atoms. The second-order valence-corrected chi connectivity index (χ2v) is 12.9. The minimum atomic E-state index is -1.79. The monoisotopic (exact) mass is 403 g/mol. The predicted octanol–water partition coefficient (Wildman–Crippen LogP) is 5.20. The van der Waals surface area contributed by atoms with Crippen LogP contribution in [-0.4, -0.2) is 4.93 Å². The molecule has 0 saturated heterocycles. The molecule has 0 aromatic carbocycles. The molecule has 2 N–H and O–H groups in total. The first-order valence-corrected chi connectivity index (χ1v) is 11.6. The van der Waals surface area contributed by atoms with Gasteiger partial charge in [0.05, 0.1) is 0 Å². The zero-order valence-corrected chi connectivity index (χ0v) is 15.7. The van der Waals surface area contributed by atoms with Gasteiger partial charge in [-0.2, -0.15) is 0 Å². The van der Waals surface area contributed by atoms with E-state index in [1.165, 1.54) is 11.3 Å². The van der Waals surface area contributed by atoms with Gasteiger partial charge in [-0.05, 0) is 0 Å². The molecule has 0 aliphatic heterocycles. The molecular weight excluding hydrogens is 379 g/mol. The molecule has 0 aliphatic rings. The molecule has 112 valence electrons. The van der Waals surface area contributed by atoms with Gasteiger partial charge in [-0.15, -0.1) is 0 Å². The van der Waals surface area contributed by atoms with E-state index in [1.807, 2.05) is 46.5 Å². The van der Waals surface area contributed by atoms with Gasteiger partial charge < -0.3 is 0 Å². The Bertz CT molecular complexity index is 424. The standard InChI is InChI=1S/C14H24F2INS/c1-8(2)13(3,4)11-9(15)10(16)12(19-11)14(5,6)17(7)18/h8H,18H2,1-7H3. The van der Waals surface area contributed by atoms with Gasteiger partial charge in [0.1, 0.15) is 0 Å². The quantitative estimate of drug-likeness (QED) is 0.417. The molecule has 0 bridgehead atoms. The molecule has 0 aliphatic carbocycles. The zero-order valence-electron chi connectivity index (χ0n) is 12.7. The summed E-state index contributed by atoms with van der Waals surface area (Å²) in [6.07, 6.45) is 0. The fraction of sp³-hybridized carbons (Fsp3) is 0.714. The first-order valence-electron chi connectivity index (χ1n) is 6.26. The Balaban J connectivity index is 3.44. The van der Waals surface area contributed by atoms with E-state index in [-0.39, 0.29) is 11.3 Å². The van der Waals surface area contributed by atoms with Crippen molar-refractivity contribution < 1.29 is 8.78 Å². The van der Waals surface area contributed by atoms with Gasteiger partial charge in [-0.1, -0.05) is 0 Å². The van der Waals surface area contributed by atoms with E-state index in [2.05, 4.69) is 0 Å². The Hall–Kier alpha value is 0.250. The zero-order chi connectivity index (χ0) is 15.2. The minimum absolute atomic E-state index is 0.241. The molecule has 0 saturated carbocycles. The van der Waals surface area contributed by atoms with Crippen molar-refractivity contribution in [1.29, 1.82) is 0 Å². The molecule has 0 atom stereocenters. The molecule has 0 radical (unpaired) electrons. The van der Waals surface area contributed by atoms with Crippen molar-refractivity contribution >= 4 is 31.4 Å². The summed E-state index contributed by atoms with van der Waals surface area (Å²) in [6.45, 7) is 11.9. The average Bonchev–Trinajstić information content (AvgIpc) is 2.56. The van der Waals surface area contributed by atoms with Gasteiger partial charge in [0.15, 0.2) is 0 Å². The van der Waals surface area contributed by atoms with E-state index in [0.29, 0.717) is 9.75 Å². The number of hydrogen-bond acceptors (Lipinski definition) is 2. The number of rotatable bonds is 4. The van der Waals surface area contributed by atoms with E-state index < -0.39 is 35.1 Å². The van der Waals surface area contributed by atoms with E-state index >= 15 is 0 Å². The third kappa shape index (κ3) is 2.97. The van der Waals surface area contributed by atoms with Crippen LogP contribution < -0.4 is 3.95 Å². The molecule has 1 aromatic heterocycles. The van der Waals surface area contributed by atoms with Gasteiger partial charge in [-0.25, -0.2) is 0 Å². The number of alkyl halides is 2. The fourth-order valence-electron chi connectivity index (χ4n) is 1.59. The predicted molar refractivity (Wildman–Crippen MR) is 89.3 cm³/mol. The number of thiophene rings is 1. The summed E-state index contributed by atoms with van der Waals surface area (Å²) < 4.78 is 34.2. The summed E-state index contributed by atoms with van der Waals surface area (Å²) in [4.78, 5) is 2.98. The van der Waals surface area contributed by atoms with Crippen molar-refractivity contribution in [1.82, 2.24) is 0 Å². The van der Waals surface area contributed by atoms with E-state index in [1.54, 1.807) is 0 Å². The van der Waals surface area contributed by atoms with Crippen molar-refractivity contribution in [2.24, 2.45) is 9.86 Å². The van der Waals surface area contributed by atoms with Crippen LogP contribution >= 0.6 is 31.4 Å². The SMILES string of the molecule is CC(C)C(C)(C)c1sc(C(C)(C)I(C)N)c(F)c1F. The van der Waals surface area contributed by atoms with Crippen LogP contribution in [0.3, 0.4) is 0 Å². The molecule has 0 fully saturated rings. The third-order valence-electron chi connectivity index (χ3n) is 4.11. The van der Waals surface area contributed by atoms with Gasteiger partial charge in [0.2, 0.25) is 0 Å². The van der Waals surface area contributed by atoms with Crippen LogP contribution in [0.25, 0.3) is 0 Å². The van der Waals surface area contributed by atoms with Gasteiger partial charge in [0, 0.05) is 0 Å². The fourth-order valence-corrected chi connectivity index (χ4v) is 5.05. The summed E-state index contributed by atoms with van der Waals surface area (Å²) in [7, 11) is 0. The van der Waals surface area contributed by atoms with Crippen LogP contribution in [0.4, 0.5) is 8.78 Å². The average molecular weight is 403 g/mol. The summed E-state index contributed by atoms with van der Waals surface area (Å²) >= 11 is -0.527. The first kappa shape index (κ1) is 17.3. The number of halogens is 3. The normalized spacial score (nSPS) is 14.2. The van der Waals surface area contributed by atoms with Gasteiger partial charge in [-0.3, -0.25) is 0 Å². The summed E-state index contributed by atoms with van der Waals surface area (Å²) in [5.41, 5.74) is -0.370. The Morgan fingerprint density at radius 2 is 1.47 bits per heavy atom. The molecule has 0 amide bonds. The topological polar surface area (TPSA) is 26.0 Å². The van der Waals surface area contributed by atoms with Crippen LogP contribution in [0.5, 0.6) is 0 Å². The van der Waals surface area contributed by atoms with Crippen molar-refractivity contribution in [3.05, 3.63) is 21.4 Å². The van der Waals surface area contributed by atoms with Crippen LogP contribution in [0.2, 0.25) is 0 Å². The second-order valence-electron chi connectivity index (χ2n) is 6.25. The van der Waals surface area contributed by atoms with Crippen molar-refractivity contribution in [2.45, 2.75) is 50.4 Å². The van der Waals surface area contributed by atoms with Crippen molar-refractivity contribution in [3.8, 4) is 0 Å². The summed E-state index contributed by atoms with van der Waals surface area (Å²) in [5, 5.41) is 0. The molecule has 1 aromatic rings. The molecule has 5 heteroatoms. The Kier molecular flexibility index (Phi) is 5.06. The Morgan fingerprint density at radius 1 is 1.05 bits per heavy atom. The number of nitrogens with two attached hydrogens (primary N) is 1. The van der Waals surface area contributed by atoms with Crippen molar-refractivity contribution in [2.75, 3.05) is 4.93 Å². The van der Waals surface area contributed by atoms with Crippen molar-refractivity contribution in [3.63, 3.8) is 0 Å². The van der Waals surface area contributed by atoms with Gasteiger partial charge >= 0.3 is 127 Å². The Morgan fingerprint density at radius 3 is 1.84 bits per heavy atom. The van der Waals surface area contributed by atoms with Crippen LogP contribution in [-0.2, 0) is 8.84 Å². The summed E-state index contributed by atoms with van der Waals surface area (Å²) in [6, 6.07) is 0. The molecular formula is C14H24F2INS. The van der Waals surface area contributed by atoms with Gasteiger partial charge in [0.25, 0.3) is 0 Å². The van der Waals surface area contributed by atoms with Crippen LogP contribution in [0, 0.1) is 17.6 Å². The van der Waals surface area contributed by atoms with E-state index in [4.69, 9.17) is 3.95 Å². The molecule has 1 rings (SSSR count). The van der Waals surface area contributed by atoms with Crippen LogP contribution in [0.15, 0.2) is 0 Å². The second kappa shape index (κ2) is 5.56. The van der Waals surface area contributed by atoms with Crippen LogP contribution in [0.1, 0.15) is 51.3 Å². The molecule has 1 heterocycles. The molecule has 0 spiro atoms. The van der Waals surface area contributed by atoms with E-state index in [9.17, 15) is 8.78 Å². The third-order valence-corrected chi connectivity index (χ3v) is 11.1. The molecule has 0 unspecified atom stereocenters. The summed E-state index contributed by atoms with van der Waals surface area (Å²) in [5.74, 6) is -1.12. The maximum atomic E-state index is 14.3. The number of hydrogen-bond donors (Lipinski definition) is 1. The van der Waals surface area contributed by atoms with E-state index in [0.717, 1.165) is 0 Å².